The highest BCUT2D eigenvalue weighted by Gasteiger charge is 2.32. The Bertz CT molecular complexity index is 1080. The lowest BCUT2D eigenvalue weighted by Gasteiger charge is -2.17. The van der Waals surface area contributed by atoms with Crippen LogP contribution in [-0.2, 0) is 14.8 Å². The van der Waals surface area contributed by atoms with Gasteiger partial charge in [-0.1, -0.05) is 26.0 Å². The van der Waals surface area contributed by atoms with Crippen LogP contribution in [-0.4, -0.2) is 39.2 Å². The Morgan fingerprint density at radius 1 is 1.03 bits per heavy atom. The molecule has 2 aromatic rings. The molecule has 8 nitrogen and oxygen atoms in total. The number of rotatable bonds is 5. The van der Waals surface area contributed by atoms with E-state index in [0.29, 0.717) is 16.8 Å². The molecule has 9 heteroatoms. The van der Waals surface area contributed by atoms with Crippen molar-refractivity contribution in [2.45, 2.75) is 24.8 Å². The molecular weight excluding hydrogens is 392 g/mol. The number of anilines is 1. The zero-order chi connectivity index (χ0) is 21.2. The highest BCUT2D eigenvalue weighted by molar-refractivity contribution is 7.90. The third-order valence-electron chi connectivity index (χ3n) is 4.47. The van der Waals surface area contributed by atoms with Crippen molar-refractivity contribution in [3.63, 3.8) is 0 Å². The van der Waals surface area contributed by atoms with Crippen LogP contribution in [0, 0.1) is 5.92 Å². The van der Waals surface area contributed by atoms with Crippen LogP contribution in [0.2, 0.25) is 0 Å². The number of benzene rings is 2. The van der Waals surface area contributed by atoms with Crippen molar-refractivity contribution >= 4 is 33.4 Å². The molecule has 0 saturated carbocycles. The maximum atomic E-state index is 12.8. The SMILES string of the molecule is CNC(=O)c1ccc(NC(=O)[C@@H](N=C2NS(=O)(=O)c3ccccc32)C(C)C)cc1. The van der Waals surface area contributed by atoms with Crippen molar-refractivity contribution in [1.29, 1.82) is 0 Å². The van der Waals surface area contributed by atoms with Crippen LogP contribution >= 0.6 is 0 Å². The van der Waals surface area contributed by atoms with Gasteiger partial charge in [0.25, 0.3) is 15.9 Å². The molecule has 0 aromatic heterocycles. The summed E-state index contributed by atoms with van der Waals surface area (Å²) in [4.78, 5) is 29.0. The molecule has 1 aliphatic rings. The van der Waals surface area contributed by atoms with Gasteiger partial charge in [-0.25, -0.2) is 8.42 Å². The van der Waals surface area contributed by atoms with Crippen molar-refractivity contribution in [1.82, 2.24) is 10.0 Å². The number of nitrogens with zero attached hydrogens (tertiary/aromatic N) is 1. The van der Waals surface area contributed by atoms with Crippen molar-refractivity contribution in [3.8, 4) is 0 Å². The zero-order valence-electron chi connectivity index (χ0n) is 16.3. The van der Waals surface area contributed by atoms with Gasteiger partial charge in [0.05, 0.1) is 4.90 Å². The van der Waals surface area contributed by atoms with Crippen LogP contribution in [0.3, 0.4) is 0 Å². The highest BCUT2D eigenvalue weighted by atomic mass is 32.2. The average molecular weight is 414 g/mol. The van der Waals surface area contributed by atoms with Crippen molar-refractivity contribution in [3.05, 3.63) is 59.7 Å². The first-order chi connectivity index (χ1) is 13.7. The van der Waals surface area contributed by atoms with E-state index in [1.165, 1.54) is 6.07 Å². The number of aliphatic imine (C=N–C) groups is 1. The molecule has 29 heavy (non-hydrogen) atoms. The normalized spacial score (nSPS) is 16.8. The molecule has 1 heterocycles. The second-order valence-corrected chi connectivity index (χ2v) is 8.56. The third-order valence-corrected chi connectivity index (χ3v) is 5.87. The van der Waals surface area contributed by atoms with Gasteiger partial charge in [-0.3, -0.25) is 19.3 Å². The minimum Gasteiger partial charge on any atom is -0.355 e. The molecule has 0 radical (unpaired) electrons. The number of hydrogen-bond donors (Lipinski definition) is 3. The summed E-state index contributed by atoms with van der Waals surface area (Å²) in [5.41, 5.74) is 1.44. The van der Waals surface area contributed by atoms with Crippen molar-refractivity contribution < 1.29 is 18.0 Å². The molecule has 0 spiro atoms. The standard InChI is InChI=1S/C20H22N4O4S/c1-12(2)17(20(26)22-14-10-8-13(9-11-14)19(25)21-3)23-18-15-6-4-5-7-16(15)29(27,28)24-18/h4-12,17H,1-3H3,(H,21,25)(H,22,26)(H,23,24)/t17-/m0/s1. The second-order valence-electron chi connectivity index (χ2n) is 6.91. The van der Waals surface area contributed by atoms with E-state index < -0.39 is 16.1 Å². The first-order valence-electron chi connectivity index (χ1n) is 9.06. The number of sulfonamides is 1. The van der Waals surface area contributed by atoms with E-state index in [0.717, 1.165) is 0 Å². The molecule has 0 aliphatic carbocycles. The fourth-order valence-corrected chi connectivity index (χ4v) is 4.18. The summed E-state index contributed by atoms with van der Waals surface area (Å²) in [6.07, 6.45) is 0. The molecule has 2 aromatic carbocycles. The fourth-order valence-electron chi connectivity index (χ4n) is 2.94. The van der Waals surface area contributed by atoms with E-state index >= 15 is 0 Å². The Kier molecular flexibility index (Phi) is 5.69. The molecule has 3 rings (SSSR count). The number of amides is 2. The molecule has 1 aliphatic heterocycles. The lowest BCUT2D eigenvalue weighted by Crippen LogP contribution is -2.34. The van der Waals surface area contributed by atoms with Crippen molar-refractivity contribution in [2.75, 3.05) is 12.4 Å². The highest BCUT2D eigenvalue weighted by Crippen LogP contribution is 2.24. The van der Waals surface area contributed by atoms with Gasteiger partial charge >= 0.3 is 0 Å². The number of nitrogens with one attached hydrogen (secondary N) is 3. The fraction of sp³-hybridized carbons (Fsp3) is 0.250. The third kappa shape index (κ3) is 4.29. The lowest BCUT2D eigenvalue weighted by atomic mass is 10.0. The molecule has 0 bridgehead atoms. The number of carbonyl (C=O) groups is 2. The van der Waals surface area contributed by atoms with E-state index in [1.54, 1.807) is 49.5 Å². The first-order valence-corrected chi connectivity index (χ1v) is 10.5. The summed E-state index contributed by atoms with van der Waals surface area (Å²) in [5, 5.41) is 5.30. The van der Waals surface area contributed by atoms with Gasteiger partial charge in [0.2, 0.25) is 5.91 Å². The van der Waals surface area contributed by atoms with Gasteiger partial charge < -0.3 is 10.6 Å². The van der Waals surface area contributed by atoms with Crippen LogP contribution in [0.25, 0.3) is 0 Å². The van der Waals surface area contributed by atoms with Gasteiger partial charge in [0, 0.05) is 23.9 Å². The van der Waals surface area contributed by atoms with E-state index in [4.69, 9.17) is 0 Å². The maximum Gasteiger partial charge on any atom is 0.263 e. The Morgan fingerprint density at radius 3 is 2.31 bits per heavy atom. The Balaban J connectivity index is 1.85. The lowest BCUT2D eigenvalue weighted by molar-refractivity contribution is -0.118. The van der Waals surface area contributed by atoms with Gasteiger partial charge in [-0.15, -0.1) is 0 Å². The van der Waals surface area contributed by atoms with Crippen molar-refractivity contribution in [2.24, 2.45) is 10.9 Å². The van der Waals surface area contributed by atoms with E-state index in [9.17, 15) is 18.0 Å². The van der Waals surface area contributed by atoms with Gasteiger partial charge in [0.1, 0.15) is 11.9 Å². The van der Waals surface area contributed by atoms with Crippen LogP contribution in [0.4, 0.5) is 5.69 Å². The Hall–Kier alpha value is -3.20. The van der Waals surface area contributed by atoms with E-state index in [-0.39, 0.29) is 28.5 Å². The largest absolute Gasteiger partial charge is 0.355 e. The predicted molar refractivity (Wildman–Crippen MR) is 110 cm³/mol. The Labute approximate surface area is 169 Å². The van der Waals surface area contributed by atoms with Gasteiger partial charge in [-0.2, -0.15) is 0 Å². The Morgan fingerprint density at radius 2 is 1.69 bits per heavy atom. The van der Waals surface area contributed by atoms with Crippen LogP contribution in [0.15, 0.2) is 58.4 Å². The second kappa shape index (κ2) is 8.04. The molecule has 0 unspecified atom stereocenters. The monoisotopic (exact) mass is 414 g/mol. The zero-order valence-corrected chi connectivity index (χ0v) is 17.1. The summed E-state index contributed by atoms with van der Waals surface area (Å²) in [5.74, 6) is -0.611. The number of fused-ring (bicyclic) bond motifs is 1. The first kappa shape index (κ1) is 20.5. The van der Waals surface area contributed by atoms with Gasteiger partial charge in [0.15, 0.2) is 0 Å². The molecule has 0 saturated heterocycles. The molecule has 1 atom stereocenters. The van der Waals surface area contributed by atoms with Gasteiger partial charge in [-0.05, 0) is 42.3 Å². The number of hydrogen-bond acceptors (Lipinski definition) is 5. The molecule has 0 fully saturated rings. The summed E-state index contributed by atoms with van der Waals surface area (Å²) in [7, 11) is -2.14. The molecule has 2 amide bonds. The summed E-state index contributed by atoms with van der Waals surface area (Å²) in [6, 6.07) is 12.2. The quantitative estimate of drug-likeness (QED) is 0.691. The number of carbonyl (C=O) groups excluding carboxylic acids is 2. The minimum atomic E-state index is -3.68. The van der Waals surface area contributed by atoms with E-state index in [1.807, 2.05) is 13.8 Å². The number of amidine groups is 1. The smallest absolute Gasteiger partial charge is 0.263 e. The molecule has 152 valence electrons. The van der Waals surface area contributed by atoms with E-state index in [2.05, 4.69) is 20.3 Å². The summed E-state index contributed by atoms with van der Waals surface area (Å²) < 4.78 is 26.9. The van der Waals surface area contributed by atoms with Crippen LogP contribution in [0.1, 0.15) is 29.8 Å². The maximum absolute atomic E-state index is 12.8. The predicted octanol–water partition coefficient (Wildman–Crippen LogP) is 1.75. The summed E-state index contributed by atoms with van der Waals surface area (Å²) >= 11 is 0. The topological polar surface area (TPSA) is 117 Å². The molecule has 3 N–H and O–H groups in total. The van der Waals surface area contributed by atoms with Crippen LogP contribution < -0.4 is 15.4 Å². The molecular formula is C20H22N4O4S. The van der Waals surface area contributed by atoms with Crippen LogP contribution in [0.5, 0.6) is 0 Å². The minimum absolute atomic E-state index is 0.145. The average Bonchev–Trinajstić information content (AvgIpc) is 2.96. The summed E-state index contributed by atoms with van der Waals surface area (Å²) in [6.45, 7) is 3.66.